The number of rotatable bonds is 2. The number of amides is 1. The van der Waals surface area contributed by atoms with Crippen molar-refractivity contribution in [2.24, 2.45) is 0 Å². The lowest BCUT2D eigenvalue weighted by Crippen LogP contribution is -2.52. The highest BCUT2D eigenvalue weighted by molar-refractivity contribution is 5.82. The van der Waals surface area contributed by atoms with Crippen molar-refractivity contribution < 1.29 is 9.53 Å². The molecule has 4 nitrogen and oxygen atoms in total. The van der Waals surface area contributed by atoms with Crippen molar-refractivity contribution in [3.63, 3.8) is 0 Å². The molecule has 2 aromatic rings. The third-order valence-electron chi connectivity index (χ3n) is 4.36. The minimum atomic E-state index is -0.498. The molecule has 122 valence electrons. The number of carbonyl (C=O) groups excluding carboxylic acids is 1. The second kappa shape index (κ2) is 5.52. The molecule has 1 amide bonds. The first-order chi connectivity index (χ1) is 10.8. The van der Waals surface area contributed by atoms with Crippen LogP contribution in [0.5, 0.6) is 0 Å². The molecule has 1 aliphatic rings. The quantitative estimate of drug-likeness (QED) is 0.891. The Bertz CT molecular complexity index is 743. The van der Waals surface area contributed by atoms with Gasteiger partial charge < -0.3 is 10.1 Å². The second-order valence-corrected chi connectivity index (χ2v) is 7.40. The monoisotopic (exact) mass is 312 g/mol. The molecule has 1 aliphatic carbocycles. The number of fused-ring (bicyclic) bond motifs is 1. The van der Waals surface area contributed by atoms with Crippen LogP contribution in [0.2, 0.25) is 0 Å². The van der Waals surface area contributed by atoms with Crippen molar-refractivity contribution in [3.05, 3.63) is 41.6 Å². The zero-order valence-electron chi connectivity index (χ0n) is 14.3. The van der Waals surface area contributed by atoms with Gasteiger partial charge in [-0.1, -0.05) is 18.2 Å². The summed E-state index contributed by atoms with van der Waals surface area (Å²) in [5.41, 5.74) is 2.20. The van der Waals surface area contributed by atoms with Crippen LogP contribution in [0.25, 0.3) is 10.9 Å². The summed E-state index contributed by atoms with van der Waals surface area (Å²) in [4.78, 5) is 17.0. The molecule has 0 radical (unpaired) electrons. The number of pyridine rings is 1. The highest BCUT2D eigenvalue weighted by Crippen LogP contribution is 2.41. The molecule has 0 spiro atoms. The average Bonchev–Trinajstić information content (AvgIpc) is 2.41. The number of aryl methyl sites for hydroxylation is 1. The van der Waals surface area contributed by atoms with Crippen LogP contribution in [0.3, 0.4) is 0 Å². The lowest BCUT2D eigenvalue weighted by Gasteiger charge is -2.42. The molecule has 1 heterocycles. The van der Waals surface area contributed by atoms with Crippen molar-refractivity contribution in [3.8, 4) is 0 Å². The van der Waals surface area contributed by atoms with Crippen LogP contribution in [0, 0.1) is 6.92 Å². The zero-order valence-corrected chi connectivity index (χ0v) is 14.3. The third kappa shape index (κ3) is 3.16. The number of carbonyl (C=O) groups is 1. The molecule has 1 fully saturated rings. The summed E-state index contributed by atoms with van der Waals surface area (Å²) >= 11 is 0. The number of alkyl carbamates (subject to hydrolysis) is 1. The Balaban J connectivity index is 1.93. The van der Waals surface area contributed by atoms with Crippen molar-refractivity contribution in [2.75, 3.05) is 0 Å². The first-order valence-corrected chi connectivity index (χ1v) is 8.17. The Labute approximate surface area is 137 Å². The van der Waals surface area contributed by atoms with E-state index >= 15 is 0 Å². The highest BCUT2D eigenvalue weighted by atomic mass is 16.6. The van der Waals surface area contributed by atoms with Crippen LogP contribution in [-0.4, -0.2) is 16.7 Å². The van der Waals surface area contributed by atoms with E-state index in [2.05, 4.69) is 24.4 Å². The summed E-state index contributed by atoms with van der Waals surface area (Å²) in [5, 5.41) is 4.23. The molecule has 4 heteroatoms. The maximum absolute atomic E-state index is 12.2. The van der Waals surface area contributed by atoms with E-state index in [9.17, 15) is 4.79 Å². The van der Waals surface area contributed by atoms with Gasteiger partial charge in [0.05, 0.1) is 16.7 Å². The van der Waals surface area contributed by atoms with Gasteiger partial charge in [-0.2, -0.15) is 0 Å². The van der Waals surface area contributed by atoms with Crippen LogP contribution in [0.1, 0.15) is 51.3 Å². The molecular formula is C19H24N2O2. The Morgan fingerprint density at radius 1 is 1.26 bits per heavy atom. The summed E-state index contributed by atoms with van der Waals surface area (Å²) < 4.78 is 5.43. The SMILES string of the molecule is Cc1cc(C2(NC(=O)OC(C)(C)C)CCC2)nc2ccccc12. The number of nitrogens with zero attached hydrogens (tertiary/aromatic N) is 1. The molecular weight excluding hydrogens is 288 g/mol. The van der Waals surface area contributed by atoms with E-state index in [0.717, 1.165) is 35.9 Å². The van der Waals surface area contributed by atoms with Gasteiger partial charge in [0.1, 0.15) is 5.60 Å². The predicted molar refractivity (Wildman–Crippen MR) is 91.4 cm³/mol. The number of hydrogen-bond donors (Lipinski definition) is 1. The summed E-state index contributed by atoms with van der Waals surface area (Å²) in [6, 6.07) is 10.2. The smallest absolute Gasteiger partial charge is 0.408 e. The highest BCUT2D eigenvalue weighted by Gasteiger charge is 2.42. The zero-order chi connectivity index (χ0) is 16.7. The van der Waals surface area contributed by atoms with Gasteiger partial charge in [-0.3, -0.25) is 4.98 Å². The standard InChI is InChI=1S/C19H24N2O2/c1-13-12-16(20-15-9-6-5-8-14(13)15)19(10-7-11-19)21-17(22)23-18(2,3)4/h5-6,8-9,12H,7,10-11H2,1-4H3,(H,21,22). The number of para-hydroxylation sites is 1. The largest absolute Gasteiger partial charge is 0.444 e. The summed E-state index contributed by atoms with van der Waals surface area (Å²) in [6.45, 7) is 7.71. The molecule has 23 heavy (non-hydrogen) atoms. The van der Waals surface area contributed by atoms with Crippen molar-refractivity contribution in [1.82, 2.24) is 10.3 Å². The van der Waals surface area contributed by atoms with Crippen molar-refractivity contribution in [2.45, 2.75) is 58.1 Å². The average molecular weight is 312 g/mol. The minimum absolute atomic E-state index is 0.371. The Morgan fingerprint density at radius 3 is 2.57 bits per heavy atom. The number of ether oxygens (including phenoxy) is 1. The Hall–Kier alpha value is -2.10. The lowest BCUT2D eigenvalue weighted by atomic mass is 9.73. The number of aromatic nitrogens is 1. The van der Waals surface area contributed by atoms with E-state index < -0.39 is 11.1 Å². The molecule has 1 N–H and O–H groups in total. The van der Waals surface area contributed by atoms with Gasteiger partial charge in [-0.05, 0) is 64.7 Å². The Kier molecular flexibility index (Phi) is 3.78. The van der Waals surface area contributed by atoms with Crippen LogP contribution in [-0.2, 0) is 10.3 Å². The second-order valence-electron chi connectivity index (χ2n) is 7.40. The topological polar surface area (TPSA) is 51.2 Å². The maximum atomic E-state index is 12.2. The van der Waals surface area contributed by atoms with Crippen LogP contribution < -0.4 is 5.32 Å². The van der Waals surface area contributed by atoms with Crippen LogP contribution in [0.4, 0.5) is 4.79 Å². The van der Waals surface area contributed by atoms with Gasteiger partial charge in [0, 0.05) is 5.39 Å². The molecule has 1 saturated carbocycles. The Morgan fingerprint density at radius 2 is 1.96 bits per heavy atom. The molecule has 1 aromatic heterocycles. The number of benzene rings is 1. The summed E-state index contributed by atoms with van der Waals surface area (Å²) in [5.74, 6) is 0. The van der Waals surface area contributed by atoms with Crippen molar-refractivity contribution >= 4 is 17.0 Å². The first-order valence-electron chi connectivity index (χ1n) is 8.17. The lowest BCUT2D eigenvalue weighted by molar-refractivity contribution is 0.0372. The van der Waals surface area contributed by atoms with Gasteiger partial charge >= 0.3 is 6.09 Å². The van der Waals surface area contributed by atoms with Gasteiger partial charge in [0.25, 0.3) is 0 Å². The van der Waals surface area contributed by atoms with E-state index in [-0.39, 0.29) is 6.09 Å². The fraction of sp³-hybridized carbons (Fsp3) is 0.474. The van der Waals surface area contributed by atoms with Crippen LogP contribution in [0.15, 0.2) is 30.3 Å². The first kappa shape index (κ1) is 15.8. The van der Waals surface area contributed by atoms with Crippen molar-refractivity contribution in [1.29, 1.82) is 0 Å². The molecule has 0 saturated heterocycles. The minimum Gasteiger partial charge on any atom is -0.444 e. The normalized spacial score (nSPS) is 16.7. The summed E-state index contributed by atoms with van der Waals surface area (Å²) in [6.07, 6.45) is 2.52. The van der Waals surface area contributed by atoms with Gasteiger partial charge in [-0.25, -0.2) is 4.79 Å². The summed E-state index contributed by atoms with van der Waals surface area (Å²) in [7, 11) is 0. The molecule has 0 aliphatic heterocycles. The van der Waals surface area contributed by atoms with E-state index in [1.54, 1.807) is 0 Å². The molecule has 0 bridgehead atoms. The molecule has 3 rings (SSSR count). The maximum Gasteiger partial charge on any atom is 0.408 e. The fourth-order valence-corrected chi connectivity index (χ4v) is 3.07. The van der Waals surface area contributed by atoms with Gasteiger partial charge in [0.15, 0.2) is 0 Å². The number of nitrogens with one attached hydrogen (secondary N) is 1. The van der Waals surface area contributed by atoms with Gasteiger partial charge in [-0.15, -0.1) is 0 Å². The number of hydrogen-bond acceptors (Lipinski definition) is 3. The molecule has 1 aromatic carbocycles. The van der Waals surface area contributed by atoms with E-state index in [4.69, 9.17) is 9.72 Å². The fourth-order valence-electron chi connectivity index (χ4n) is 3.07. The third-order valence-corrected chi connectivity index (χ3v) is 4.36. The van der Waals surface area contributed by atoms with Gasteiger partial charge in [0.2, 0.25) is 0 Å². The van der Waals surface area contributed by atoms with E-state index in [1.807, 2.05) is 39.0 Å². The molecule has 0 unspecified atom stereocenters. The predicted octanol–water partition coefficient (Wildman–Crippen LogP) is 4.45. The van der Waals surface area contributed by atoms with Crippen LogP contribution >= 0.6 is 0 Å². The molecule has 0 atom stereocenters. The van der Waals surface area contributed by atoms with E-state index in [0.29, 0.717) is 0 Å². The van der Waals surface area contributed by atoms with E-state index in [1.165, 1.54) is 5.56 Å².